The first-order valence-corrected chi connectivity index (χ1v) is 12.7. The van der Waals surface area contributed by atoms with E-state index >= 15 is 0 Å². The molecule has 0 bridgehead atoms. The van der Waals surface area contributed by atoms with Crippen LogP contribution in [0.5, 0.6) is 5.75 Å². The molecule has 3 aromatic carbocycles. The molecule has 5 rings (SSSR count). The van der Waals surface area contributed by atoms with E-state index in [1.54, 1.807) is 0 Å². The smallest absolute Gasteiger partial charge is 0.225 e. The van der Waals surface area contributed by atoms with Gasteiger partial charge in [0.1, 0.15) is 12.4 Å². The van der Waals surface area contributed by atoms with Crippen LogP contribution in [-0.4, -0.2) is 11.7 Å². The first-order valence-electron chi connectivity index (χ1n) is 12.7. The number of benzene rings is 3. The number of allylic oxidation sites excluding steroid dienone is 2. The van der Waals surface area contributed by atoms with Crippen LogP contribution in [0.3, 0.4) is 0 Å². The number of ether oxygens (including phenoxy) is 1. The quantitative estimate of drug-likeness (QED) is 0.450. The molecule has 0 spiro atoms. The highest BCUT2D eigenvalue weighted by Gasteiger charge is 2.38. The molecule has 3 aromatic rings. The summed E-state index contributed by atoms with van der Waals surface area (Å²) in [6.45, 7) is 7.06. The molecule has 2 unspecified atom stereocenters. The second kappa shape index (κ2) is 9.77. The van der Waals surface area contributed by atoms with Gasteiger partial charge in [-0.1, -0.05) is 87.5 Å². The van der Waals surface area contributed by atoms with Gasteiger partial charge in [0.2, 0.25) is 5.91 Å². The maximum Gasteiger partial charge on any atom is 0.225 e. The number of ketones is 1. The molecule has 1 aliphatic heterocycles. The van der Waals surface area contributed by atoms with Gasteiger partial charge in [0.05, 0.1) is 0 Å². The molecular weight excluding hydrogens is 446 g/mol. The first kappa shape index (κ1) is 24.1. The Labute approximate surface area is 213 Å². The van der Waals surface area contributed by atoms with E-state index in [0.717, 1.165) is 33.7 Å². The predicted octanol–water partition coefficient (Wildman–Crippen LogP) is 6.57. The Hall–Kier alpha value is -3.66. The lowest BCUT2D eigenvalue weighted by Crippen LogP contribution is -2.38. The number of amides is 1. The van der Waals surface area contributed by atoms with Crippen molar-refractivity contribution < 1.29 is 14.3 Å². The van der Waals surface area contributed by atoms with E-state index in [9.17, 15) is 9.59 Å². The maximum atomic E-state index is 13.5. The standard InChI is InChI=1S/C32H33NO3/c1-32(2,3)25-14-12-22(13-15-25)24-17-28-31(29(34)18-24)27(19-30(35)33-28)23-10-7-11-26(16-23)36-20-21-8-5-4-6-9-21/h4-16,24,27H,17-20H2,1-3H3,(H,33,35). The minimum absolute atomic E-state index is 0.0362. The topological polar surface area (TPSA) is 55.4 Å². The van der Waals surface area contributed by atoms with Crippen LogP contribution in [0.15, 0.2) is 90.1 Å². The fourth-order valence-electron chi connectivity index (χ4n) is 5.30. The van der Waals surface area contributed by atoms with Gasteiger partial charge in [-0.15, -0.1) is 0 Å². The zero-order valence-corrected chi connectivity index (χ0v) is 21.2. The highest BCUT2D eigenvalue weighted by Crippen LogP contribution is 2.43. The Balaban J connectivity index is 1.38. The molecule has 4 heteroatoms. The van der Waals surface area contributed by atoms with Crippen LogP contribution in [0, 0.1) is 0 Å². The summed E-state index contributed by atoms with van der Waals surface area (Å²) in [6.07, 6.45) is 1.41. The summed E-state index contributed by atoms with van der Waals surface area (Å²) in [5.41, 5.74) is 6.09. The largest absolute Gasteiger partial charge is 0.489 e. The van der Waals surface area contributed by atoms with Crippen molar-refractivity contribution in [2.75, 3.05) is 0 Å². The summed E-state index contributed by atoms with van der Waals surface area (Å²) in [7, 11) is 0. The van der Waals surface area contributed by atoms with E-state index in [-0.39, 0.29) is 35.4 Å². The monoisotopic (exact) mass is 479 g/mol. The fourth-order valence-corrected chi connectivity index (χ4v) is 5.30. The number of carbonyl (C=O) groups excluding carboxylic acids is 2. The number of hydrogen-bond donors (Lipinski definition) is 1. The highest BCUT2D eigenvalue weighted by molar-refractivity contribution is 6.02. The summed E-state index contributed by atoms with van der Waals surface area (Å²) in [5.74, 6) is 0.660. The third-order valence-electron chi connectivity index (χ3n) is 7.29. The lowest BCUT2D eigenvalue weighted by Gasteiger charge is -2.34. The van der Waals surface area contributed by atoms with Crippen LogP contribution in [0.25, 0.3) is 0 Å². The molecule has 0 aromatic heterocycles. The average molecular weight is 480 g/mol. The van der Waals surface area contributed by atoms with Gasteiger partial charge in [0, 0.05) is 30.0 Å². The van der Waals surface area contributed by atoms with Gasteiger partial charge in [-0.05, 0) is 52.1 Å². The summed E-state index contributed by atoms with van der Waals surface area (Å²) in [6, 6.07) is 26.4. The Morgan fingerprint density at radius 1 is 0.833 bits per heavy atom. The van der Waals surface area contributed by atoms with Gasteiger partial charge in [0.25, 0.3) is 0 Å². The van der Waals surface area contributed by atoms with Crippen LogP contribution >= 0.6 is 0 Å². The molecule has 1 heterocycles. The Bertz CT molecular complexity index is 1300. The van der Waals surface area contributed by atoms with E-state index < -0.39 is 0 Å². The molecule has 0 saturated heterocycles. The molecule has 1 N–H and O–H groups in total. The molecule has 2 aliphatic rings. The minimum atomic E-state index is -0.245. The van der Waals surface area contributed by atoms with Crippen LogP contribution in [-0.2, 0) is 21.6 Å². The van der Waals surface area contributed by atoms with Crippen molar-refractivity contribution in [3.63, 3.8) is 0 Å². The fraction of sp³-hybridized carbons (Fsp3) is 0.312. The Morgan fingerprint density at radius 2 is 1.58 bits per heavy atom. The van der Waals surface area contributed by atoms with Crippen molar-refractivity contribution in [3.8, 4) is 5.75 Å². The summed E-state index contributed by atoms with van der Waals surface area (Å²) in [4.78, 5) is 26.2. The zero-order valence-electron chi connectivity index (χ0n) is 21.2. The number of Topliss-reactive ketones (excluding diaryl/α,β-unsaturated/α-hetero) is 1. The number of rotatable bonds is 5. The lowest BCUT2D eigenvalue weighted by atomic mass is 9.73. The number of carbonyl (C=O) groups is 2. The third-order valence-corrected chi connectivity index (χ3v) is 7.29. The van der Waals surface area contributed by atoms with E-state index in [1.807, 2.05) is 54.6 Å². The van der Waals surface area contributed by atoms with E-state index in [2.05, 4.69) is 50.4 Å². The van der Waals surface area contributed by atoms with E-state index in [4.69, 9.17) is 4.74 Å². The van der Waals surface area contributed by atoms with Crippen LogP contribution in [0.2, 0.25) is 0 Å². The van der Waals surface area contributed by atoms with Crippen molar-refractivity contribution in [1.82, 2.24) is 5.32 Å². The predicted molar refractivity (Wildman–Crippen MR) is 142 cm³/mol. The van der Waals surface area contributed by atoms with Crippen molar-refractivity contribution in [3.05, 3.63) is 112 Å². The normalized spacial score (nSPS) is 20.1. The average Bonchev–Trinajstić information content (AvgIpc) is 2.87. The molecule has 0 radical (unpaired) electrons. The number of hydrogen-bond acceptors (Lipinski definition) is 3. The van der Waals surface area contributed by atoms with Gasteiger partial charge >= 0.3 is 0 Å². The van der Waals surface area contributed by atoms with E-state index in [0.29, 0.717) is 19.4 Å². The third kappa shape index (κ3) is 5.13. The SMILES string of the molecule is CC(C)(C)c1ccc(C2CC(=O)C3=C(C2)NC(=O)CC3c2cccc(OCc3ccccc3)c2)cc1. The van der Waals surface area contributed by atoms with Crippen molar-refractivity contribution >= 4 is 11.7 Å². The molecule has 36 heavy (non-hydrogen) atoms. The van der Waals surface area contributed by atoms with Gasteiger partial charge in [-0.3, -0.25) is 9.59 Å². The van der Waals surface area contributed by atoms with Crippen molar-refractivity contribution in [2.24, 2.45) is 0 Å². The number of nitrogens with one attached hydrogen (secondary N) is 1. The highest BCUT2D eigenvalue weighted by atomic mass is 16.5. The summed E-state index contributed by atoms with van der Waals surface area (Å²) < 4.78 is 6.02. The second-order valence-electron chi connectivity index (χ2n) is 10.9. The van der Waals surface area contributed by atoms with Crippen LogP contribution in [0.1, 0.15) is 74.1 Å². The summed E-state index contributed by atoms with van der Waals surface area (Å²) in [5, 5.41) is 3.03. The second-order valence-corrected chi connectivity index (χ2v) is 10.9. The Kier molecular flexibility index (Phi) is 6.53. The molecule has 1 amide bonds. The van der Waals surface area contributed by atoms with Gasteiger partial charge in [-0.25, -0.2) is 0 Å². The van der Waals surface area contributed by atoms with Crippen molar-refractivity contribution in [1.29, 1.82) is 0 Å². The lowest BCUT2D eigenvalue weighted by molar-refractivity contribution is -0.122. The Morgan fingerprint density at radius 3 is 2.31 bits per heavy atom. The van der Waals surface area contributed by atoms with Gasteiger partial charge in [0.15, 0.2) is 5.78 Å². The first-order chi connectivity index (χ1) is 17.3. The molecule has 2 atom stereocenters. The van der Waals surface area contributed by atoms with Gasteiger partial charge < -0.3 is 10.1 Å². The molecule has 1 aliphatic carbocycles. The molecule has 0 saturated carbocycles. The molecule has 0 fully saturated rings. The van der Waals surface area contributed by atoms with Gasteiger partial charge in [-0.2, -0.15) is 0 Å². The van der Waals surface area contributed by atoms with E-state index in [1.165, 1.54) is 5.56 Å². The van der Waals surface area contributed by atoms with Crippen molar-refractivity contribution in [2.45, 2.75) is 63.9 Å². The van der Waals surface area contributed by atoms with Crippen LogP contribution < -0.4 is 10.1 Å². The summed E-state index contributed by atoms with van der Waals surface area (Å²) >= 11 is 0. The molecular formula is C32H33NO3. The maximum absolute atomic E-state index is 13.5. The zero-order chi connectivity index (χ0) is 25.3. The van der Waals surface area contributed by atoms with Crippen LogP contribution in [0.4, 0.5) is 0 Å². The minimum Gasteiger partial charge on any atom is -0.489 e. The molecule has 4 nitrogen and oxygen atoms in total. The molecule has 184 valence electrons.